The number of hydrogen-bond donors (Lipinski definition) is 1. The molecule has 1 aliphatic carbocycles. The Hall–Kier alpha value is -3.69. The number of unbranched alkanes of at least 4 members (excludes halogenated alkanes) is 1. The summed E-state index contributed by atoms with van der Waals surface area (Å²) >= 11 is 0. The molecule has 3 aromatic heterocycles. The van der Waals surface area contributed by atoms with Gasteiger partial charge in [-0.3, -0.25) is 14.8 Å². The Balaban J connectivity index is 1.45. The summed E-state index contributed by atoms with van der Waals surface area (Å²) in [7, 11) is -3.31. The molecule has 0 saturated carbocycles. The number of pyridine rings is 2. The minimum absolute atomic E-state index is 0.181. The summed E-state index contributed by atoms with van der Waals surface area (Å²) in [5, 5.41) is 7.57. The van der Waals surface area contributed by atoms with Crippen LogP contribution < -0.4 is 10.9 Å². The lowest BCUT2D eigenvalue weighted by Gasteiger charge is -2.22. The Morgan fingerprint density at radius 3 is 2.47 bits per heavy atom. The second-order valence-electron chi connectivity index (χ2n) is 9.67. The summed E-state index contributed by atoms with van der Waals surface area (Å²) in [5.41, 5.74) is 5.18. The van der Waals surface area contributed by atoms with Gasteiger partial charge in [0.05, 0.1) is 23.2 Å². The van der Waals surface area contributed by atoms with Gasteiger partial charge in [-0.05, 0) is 59.4 Å². The first kappa shape index (κ1) is 25.9. The van der Waals surface area contributed by atoms with Crippen LogP contribution in [0.5, 0.6) is 0 Å². The Labute approximate surface area is 222 Å². The van der Waals surface area contributed by atoms with Gasteiger partial charge in [-0.2, -0.15) is 5.10 Å². The van der Waals surface area contributed by atoms with Crippen molar-refractivity contribution >= 4 is 9.84 Å². The zero-order valence-electron chi connectivity index (χ0n) is 21.3. The Morgan fingerprint density at radius 1 is 1.00 bits per heavy atom. The molecule has 3 heterocycles. The van der Waals surface area contributed by atoms with Crippen molar-refractivity contribution < 1.29 is 8.42 Å². The van der Waals surface area contributed by atoms with E-state index >= 15 is 0 Å². The van der Waals surface area contributed by atoms with Crippen molar-refractivity contribution in [2.45, 2.75) is 50.6 Å². The predicted octanol–water partition coefficient (Wildman–Crippen LogP) is 3.72. The number of sulfone groups is 1. The first-order valence-electron chi connectivity index (χ1n) is 12.9. The number of nitrogens with one attached hydrogen (secondary N) is 1. The smallest absolute Gasteiger partial charge is 0.267 e. The van der Waals surface area contributed by atoms with Gasteiger partial charge in [0, 0.05) is 49.0 Å². The third-order valence-corrected chi connectivity index (χ3v) is 9.20. The van der Waals surface area contributed by atoms with E-state index in [1.165, 1.54) is 10.7 Å². The minimum Gasteiger partial charge on any atom is -0.305 e. The molecular formula is C29H31N5O3S. The van der Waals surface area contributed by atoms with Crippen LogP contribution in [0, 0.1) is 0 Å². The highest BCUT2D eigenvalue weighted by molar-refractivity contribution is 7.92. The quantitative estimate of drug-likeness (QED) is 0.334. The SMILES string of the molecule is CCCCS(=O)(=O)C1Cc2cc(-c3ccc(=O)n(Cc4cccnc4)n3)ccc2C1NCc1cccnc1. The van der Waals surface area contributed by atoms with Crippen molar-refractivity contribution in [1.29, 1.82) is 0 Å². The van der Waals surface area contributed by atoms with Crippen molar-refractivity contribution in [3.63, 3.8) is 0 Å². The molecule has 5 rings (SSSR count). The number of benzene rings is 1. The highest BCUT2D eigenvalue weighted by atomic mass is 32.2. The molecule has 0 aliphatic heterocycles. The van der Waals surface area contributed by atoms with Crippen LogP contribution in [-0.4, -0.2) is 39.2 Å². The maximum Gasteiger partial charge on any atom is 0.267 e. The van der Waals surface area contributed by atoms with Crippen LogP contribution >= 0.6 is 0 Å². The molecule has 0 fully saturated rings. The van der Waals surface area contributed by atoms with Gasteiger partial charge in [0.1, 0.15) is 0 Å². The van der Waals surface area contributed by atoms with Crippen molar-refractivity contribution in [3.05, 3.63) is 112 Å². The standard InChI is InChI=1S/C29H31N5O3S/c1-2-3-14-38(36,37)27-16-24-15-23(8-9-25(24)29(27)32-19-21-6-4-12-30-17-21)26-10-11-28(35)34(33-26)20-22-7-5-13-31-18-22/h4-13,15,17-18,27,29,32H,2-3,14,16,19-20H2,1H3. The molecule has 1 N–H and O–H groups in total. The predicted molar refractivity (Wildman–Crippen MR) is 147 cm³/mol. The molecule has 0 saturated heterocycles. The zero-order chi connectivity index (χ0) is 26.5. The lowest BCUT2D eigenvalue weighted by Crippen LogP contribution is -2.35. The van der Waals surface area contributed by atoms with E-state index in [4.69, 9.17) is 0 Å². The van der Waals surface area contributed by atoms with Crippen LogP contribution in [0.15, 0.2) is 84.2 Å². The van der Waals surface area contributed by atoms with E-state index in [-0.39, 0.29) is 17.4 Å². The summed E-state index contributed by atoms with van der Waals surface area (Å²) in [5.74, 6) is 0.181. The molecule has 2 unspecified atom stereocenters. The zero-order valence-corrected chi connectivity index (χ0v) is 22.1. The molecule has 0 radical (unpaired) electrons. The van der Waals surface area contributed by atoms with E-state index in [1.807, 2.05) is 49.4 Å². The summed E-state index contributed by atoms with van der Waals surface area (Å²) in [6.45, 7) is 2.86. The molecule has 2 atom stereocenters. The topological polar surface area (TPSA) is 107 Å². The fourth-order valence-electron chi connectivity index (χ4n) is 4.96. The van der Waals surface area contributed by atoms with Crippen LogP contribution in [0.1, 0.15) is 48.1 Å². The van der Waals surface area contributed by atoms with Crippen LogP contribution in [0.4, 0.5) is 0 Å². The number of nitrogens with zero attached hydrogens (tertiary/aromatic N) is 4. The first-order valence-corrected chi connectivity index (χ1v) is 14.6. The molecule has 9 heteroatoms. The summed E-state index contributed by atoms with van der Waals surface area (Å²) in [6.07, 6.45) is 8.84. The number of fused-ring (bicyclic) bond motifs is 1. The molecule has 0 amide bonds. The van der Waals surface area contributed by atoms with Crippen molar-refractivity contribution in [1.82, 2.24) is 25.1 Å². The molecule has 38 heavy (non-hydrogen) atoms. The van der Waals surface area contributed by atoms with Crippen molar-refractivity contribution in [3.8, 4) is 11.3 Å². The molecule has 4 aromatic rings. The molecule has 1 aliphatic rings. The average molecular weight is 530 g/mol. The Bertz CT molecular complexity index is 1560. The fraction of sp³-hybridized carbons (Fsp3) is 0.310. The summed E-state index contributed by atoms with van der Waals surface area (Å²) in [4.78, 5) is 20.8. The van der Waals surface area contributed by atoms with Gasteiger partial charge < -0.3 is 5.32 Å². The van der Waals surface area contributed by atoms with Crippen molar-refractivity contribution in [2.75, 3.05) is 5.75 Å². The summed E-state index contributed by atoms with van der Waals surface area (Å²) < 4.78 is 28.2. The van der Waals surface area contributed by atoms with E-state index in [2.05, 4.69) is 20.4 Å². The molecule has 0 spiro atoms. The van der Waals surface area contributed by atoms with E-state index < -0.39 is 15.1 Å². The van der Waals surface area contributed by atoms with E-state index in [0.717, 1.165) is 34.2 Å². The molecule has 0 bridgehead atoms. The Morgan fingerprint density at radius 2 is 1.76 bits per heavy atom. The Kier molecular flexibility index (Phi) is 7.76. The second kappa shape index (κ2) is 11.4. The van der Waals surface area contributed by atoms with Crippen LogP contribution in [0.2, 0.25) is 0 Å². The van der Waals surface area contributed by atoms with Crippen LogP contribution in [0.25, 0.3) is 11.3 Å². The van der Waals surface area contributed by atoms with Crippen LogP contribution in [0.3, 0.4) is 0 Å². The number of rotatable bonds is 10. The highest BCUT2D eigenvalue weighted by Gasteiger charge is 2.40. The maximum absolute atomic E-state index is 13.4. The van der Waals surface area contributed by atoms with Gasteiger partial charge in [0.15, 0.2) is 9.84 Å². The largest absolute Gasteiger partial charge is 0.305 e. The van der Waals surface area contributed by atoms with Gasteiger partial charge >= 0.3 is 0 Å². The molecular weight excluding hydrogens is 498 g/mol. The second-order valence-corrected chi connectivity index (χ2v) is 12.0. The first-order chi connectivity index (χ1) is 18.4. The van der Waals surface area contributed by atoms with E-state index in [1.54, 1.807) is 30.9 Å². The third kappa shape index (κ3) is 5.74. The fourth-order valence-corrected chi connectivity index (χ4v) is 7.05. The summed E-state index contributed by atoms with van der Waals surface area (Å²) in [6, 6.07) is 16.5. The van der Waals surface area contributed by atoms with Gasteiger partial charge in [0.2, 0.25) is 0 Å². The van der Waals surface area contributed by atoms with Crippen molar-refractivity contribution in [2.24, 2.45) is 0 Å². The third-order valence-electron chi connectivity index (χ3n) is 6.98. The minimum atomic E-state index is -3.31. The normalized spacial score (nSPS) is 16.9. The number of aromatic nitrogens is 4. The molecule has 1 aromatic carbocycles. The van der Waals surface area contributed by atoms with Gasteiger partial charge in [0.25, 0.3) is 5.56 Å². The van der Waals surface area contributed by atoms with E-state index in [9.17, 15) is 13.2 Å². The van der Waals surface area contributed by atoms with Gasteiger partial charge in [-0.25, -0.2) is 13.1 Å². The maximum atomic E-state index is 13.4. The monoisotopic (exact) mass is 529 g/mol. The molecule has 8 nitrogen and oxygen atoms in total. The van der Waals surface area contributed by atoms with Gasteiger partial charge in [-0.15, -0.1) is 0 Å². The van der Waals surface area contributed by atoms with E-state index in [0.29, 0.717) is 31.6 Å². The van der Waals surface area contributed by atoms with Gasteiger partial charge in [-0.1, -0.05) is 37.6 Å². The average Bonchev–Trinajstić information content (AvgIpc) is 3.32. The number of hydrogen-bond acceptors (Lipinski definition) is 7. The lowest BCUT2D eigenvalue weighted by molar-refractivity contribution is 0.503. The lowest BCUT2D eigenvalue weighted by atomic mass is 10.0. The molecule has 196 valence electrons. The highest BCUT2D eigenvalue weighted by Crippen LogP contribution is 2.38. The van der Waals surface area contributed by atoms with Crippen LogP contribution in [-0.2, 0) is 29.3 Å².